The smallest absolute Gasteiger partial charge is 0.0420 e. The van der Waals surface area contributed by atoms with Crippen molar-refractivity contribution in [1.82, 2.24) is 10.3 Å². The lowest BCUT2D eigenvalue weighted by atomic mass is 9.86. The second-order valence-corrected chi connectivity index (χ2v) is 6.18. The maximum atomic E-state index is 4.52. The van der Waals surface area contributed by atoms with Crippen molar-refractivity contribution < 1.29 is 0 Å². The molecule has 1 N–H and O–H groups in total. The molecule has 0 bridgehead atoms. The summed E-state index contributed by atoms with van der Waals surface area (Å²) in [4.78, 5) is 4.52. The molecule has 2 aromatic rings. The maximum Gasteiger partial charge on any atom is 0.0420 e. The van der Waals surface area contributed by atoms with Crippen molar-refractivity contribution in [2.24, 2.45) is 0 Å². The Kier molecular flexibility index (Phi) is 6.40. The summed E-state index contributed by atoms with van der Waals surface area (Å²) >= 11 is 3.44. The standard InChI is InChI=1S/C18H23BrN2/c1-3-17(14-8-6-5-7-9-14)18(20-4-2)12-16-11-10-15(19)13-21-16/h5-11,13,17-18,20H,3-4,12H2,1-2H3. The van der Waals surface area contributed by atoms with Gasteiger partial charge in [-0.1, -0.05) is 44.2 Å². The van der Waals surface area contributed by atoms with Gasteiger partial charge in [-0.3, -0.25) is 4.98 Å². The van der Waals surface area contributed by atoms with Crippen LogP contribution in [0.5, 0.6) is 0 Å². The van der Waals surface area contributed by atoms with Crippen molar-refractivity contribution in [3.8, 4) is 0 Å². The van der Waals surface area contributed by atoms with Gasteiger partial charge >= 0.3 is 0 Å². The predicted molar refractivity (Wildman–Crippen MR) is 92.6 cm³/mol. The fourth-order valence-corrected chi connectivity index (χ4v) is 3.06. The van der Waals surface area contributed by atoms with Gasteiger partial charge in [0.2, 0.25) is 0 Å². The van der Waals surface area contributed by atoms with Crippen LogP contribution in [0.2, 0.25) is 0 Å². The van der Waals surface area contributed by atoms with Crippen LogP contribution in [-0.4, -0.2) is 17.6 Å². The molecule has 1 aromatic carbocycles. The van der Waals surface area contributed by atoms with E-state index in [1.165, 1.54) is 5.56 Å². The first-order valence-corrected chi connectivity index (χ1v) is 8.42. The first kappa shape index (κ1) is 16.2. The molecule has 1 heterocycles. The Labute approximate surface area is 136 Å². The maximum absolute atomic E-state index is 4.52. The van der Waals surface area contributed by atoms with E-state index in [4.69, 9.17) is 0 Å². The molecule has 2 unspecified atom stereocenters. The van der Waals surface area contributed by atoms with Crippen molar-refractivity contribution in [2.75, 3.05) is 6.54 Å². The average Bonchev–Trinajstić information content (AvgIpc) is 2.51. The van der Waals surface area contributed by atoms with Gasteiger partial charge in [-0.2, -0.15) is 0 Å². The van der Waals surface area contributed by atoms with Crippen LogP contribution in [0.25, 0.3) is 0 Å². The fourth-order valence-electron chi connectivity index (χ4n) is 2.82. The van der Waals surface area contributed by atoms with E-state index < -0.39 is 0 Å². The summed E-state index contributed by atoms with van der Waals surface area (Å²) in [6.45, 7) is 5.40. The normalized spacial score (nSPS) is 13.9. The molecule has 2 atom stereocenters. The Morgan fingerprint density at radius 1 is 1.10 bits per heavy atom. The Morgan fingerprint density at radius 2 is 1.86 bits per heavy atom. The van der Waals surface area contributed by atoms with Crippen LogP contribution in [0.15, 0.2) is 53.1 Å². The first-order valence-electron chi connectivity index (χ1n) is 7.63. The summed E-state index contributed by atoms with van der Waals surface area (Å²) in [6.07, 6.45) is 3.95. The molecule has 0 amide bonds. The van der Waals surface area contributed by atoms with Crippen LogP contribution in [0.4, 0.5) is 0 Å². The van der Waals surface area contributed by atoms with Gasteiger partial charge in [0.1, 0.15) is 0 Å². The highest BCUT2D eigenvalue weighted by Crippen LogP contribution is 2.25. The lowest BCUT2D eigenvalue weighted by molar-refractivity contribution is 0.425. The van der Waals surface area contributed by atoms with Gasteiger partial charge in [-0.15, -0.1) is 0 Å². The fraction of sp³-hybridized carbons (Fsp3) is 0.389. The number of likely N-dealkylation sites (N-methyl/N-ethyl adjacent to an activating group) is 1. The molecule has 21 heavy (non-hydrogen) atoms. The van der Waals surface area contributed by atoms with E-state index >= 15 is 0 Å². The molecule has 0 aliphatic heterocycles. The highest BCUT2D eigenvalue weighted by molar-refractivity contribution is 9.10. The second kappa shape index (κ2) is 8.30. The molecule has 2 nitrogen and oxygen atoms in total. The average molecular weight is 347 g/mol. The van der Waals surface area contributed by atoms with Crippen LogP contribution in [0.3, 0.4) is 0 Å². The molecular weight excluding hydrogens is 324 g/mol. The number of nitrogens with one attached hydrogen (secondary N) is 1. The number of rotatable bonds is 7. The van der Waals surface area contributed by atoms with E-state index in [1.807, 2.05) is 6.20 Å². The van der Waals surface area contributed by atoms with Crippen LogP contribution in [0, 0.1) is 0 Å². The van der Waals surface area contributed by atoms with E-state index in [0.29, 0.717) is 12.0 Å². The zero-order valence-electron chi connectivity index (χ0n) is 12.7. The molecule has 0 aliphatic carbocycles. The Morgan fingerprint density at radius 3 is 2.43 bits per heavy atom. The molecule has 0 aliphatic rings. The molecule has 0 spiro atoms. The first-order chi connectivity index (χ1) is 10.2. The van der Waals surface area contributed by atoms with Gasteiger partial charge in [0, 0.05) is 28.8 Å². The molecule has 0 saturated carbocycles. The number of benzene rings is 1. The largest absolute Gasteiger partial charge is 0.313 e. The van der Waals surface area contributed by atoms with Gasteiger partial charge in [0.15, 0.2) is 0 Å². The molecular formula is C18H23BrN2. The van der Waals surface area contributed by atoms with Crippen molar-refractivity contribution in [3.63, 3.8) is 0 Å². The minimum atomic E-state index is 0.413. The third-order valence-corrected chi connectivity index (χ3v) is 4.31. The van der Waals surface area contributed by atoms with Gasteiger partial charge < -0.3 is 5.32 Å². The van der Waals surface area contributed by atoms with Crippen LogP contribution >= 0.6 is 15.9 Å². The summed E-state index contributed by atoms with van der Waals surface area (Å²) in [6, 6.07) is 15.4. The lowest BCUT2D eigenvalue weighted by Gasteiger charge is -2.27. The molecule has 0 radical (unpaired) electrons. The van der Waals surface area contributed by atoms with E-state index in [0.717, 1.165) is 29.6 Å². The quantitative estimate of drug-likeness (QED) is 0.794. The van der Waals surface area contributed by atoms with Crippen LogP contribution in [-0.2, 0) is 6.42 Å². The number of hydrogen-bond donors (Lipinski definition) is 1. The molecule has 0 saturated heterocycles. The number of halogens is 1. The zero-order chi connectivity index (χ0) is 15.1. The monoisotopic (exact) mass is 346 g/mol. The van der Waals surface area contributed by atoms with Crippen molar-refractivity contribution in [2.45, 2.75) is 38.6 Å². The Balaban J connectivity index is 2.18. The molecule has 0 fully saturated rings. The second-order valence-electron chi connectivity index (χ2n) is 5.26. The van der Waals surface area contributed by atoms with E-state index in [-0.39, 0.29) is 0 Å². The molecule has 2 rings (SSSR count). The molecule has 112 valence electrons. The summed E-state index contributed by atoms with van der Waals surface area (Å²) < 4.78 is 1.03. The van der Waals surface area contributed by atoms with Gasteiger partial charge in [-0.25, -0.2) is 0 Å². The topological polar surface area (TPSA) is 24.9 Å². The highest BCUT2D eigenvalue weighted by Gasteiger charge is 2.21. The number of hydrogen-bond acceptors (Lipinski definition) is 2. The third kappa shape index (κ3) is 4.65. The lowest BCUT2D eigenvalue weighted by Crippen LogP contribution is -2.36. The minimum absolute atomic E-state index is 0.413. The van der Waals surface area contributed by atoms with E-state index in [9.17, 15) is 0 Å². The molecule has 1 aromatic heterocycles. The highest BCUT2D eigenvalue weighted by atomic mass is 79.9. The van der Waals surface area contributed by atoms with Crippen LogP contribution in [0.1, 0.15) is 37.4 Å². The number of pyridine rings is 1. The Bertz CT molecular complexity index is 525. The summed E-state index contributed by atoms with van der Waals surface area (Å²) in [5, 5.41) is 3.64. The summed E-state index contributed by atoms with van der Waals surface area (Å²) in [5.41, 5.74) is 2.54. The number of aromatic nitrogens is 1. The summed E-state index contributed by atoms with van der Waals surface area (Å²) in [7, 11) is 0. The van der Waals surface area contributed by atoms with Crippen molar-refractivity contribution in [3.05, 3.63) is 64.4 Å². The number of nitrogens with zero attached hydrogens (tertiary/aromatic N) is 1. The van der Waals surface area contributed by atoms with E-state index in [2.05, 4.69) is 82.5 Å². The van der Waals surface area contributed by atoms with Crippen molar-refractivity contribution in [1.29, 1.82) is 0 Å². The van der Waals surface area contributed by atoms with Gasteiger partial charge in [-0.05, 0) is 52.5 Å². The zero-order valence-corrected chi connectivity index (χ0v) is 14.3. The summed E-state index contributed by atoms with van der Waals surface area (Å²) in [5.74, 6) is 0.511. The van der Waals surface area contributed by atoms with Crippen LogP contribution < -0.4 is 5.32 Å². The third-order valence-electron chi connectivity index (χ3n) is 3.84. The van der Waals surface area contributed by atoms with Gasteiger partial charge in [0.05, 0.1) is 0 Å². The van der Waals surface area contributed by atoms with Crippen molar-refractivity contribution >= 4 is 15.9 Å². The molecule has 3 heteroatoms. The SMILES string of the molecule is CCNC(Cc1ccc(Br)cn1)C(CC)c1ccccc1. The van der Waals surface area contributed by atoms with E-state index in [1.54, 1.807) is 0 Å². The predicted octanol–water partition coefficient (Wildman–Crippen LogP) is 4.56. The van der Waals surface area contributed by atoms with Gasteiger partial charge in [0.25, 0.3) is 0 Å². The minimum Gasteiger partial charge on any atom is -0.313 e. The Hall–Kier alpha value is -1.19.